The smallest absolute Gasteiger partial charge is 0.407 e. The molecule has 4 N–H and O–H groups in total. The Morgan fingerprint density at radius 2 is 1.67 bits per heavy atom. The van der Waals surface area contributed by atoms with Gasteiger partial charge in [0.05, 0.1) is 12.7 Å². The topological polar surface area (TPSA) is 134 Å². The lowest BCUT2D eigenvalue weighted by Crippen LogP contribution is -2.47. The first kappa shape index (κ1) is 22.8. The number of nitrogens with one attached hydrogen (secondary N) is 2. The van der Waals surface area contributed by atoms with Crippen LogP contribution in [0.5, 0.6) is 0 Å². The molecule has 2 amide bonds. The summed E-state index contributed by atoms with van der Waals surface area (Å²) in [5.41, 5.74) is 4.55. The highest BCUT2D eigenvalue weighted by atomic mass is 16.5. The standard InChI is InChI=1S/C24H26N2O7/c27-12-20(23(29)30)26-22(28)21-10-9-14(33-21)11-25-24(31)32-13-19-17-7-3-1-5-15(17)16-6-2-4-8-18(16)19/h1-8,14,19-21,27H,9-13H2,(H,25,31)(H,26,28)(H,29,30)/t14?,20-,21?/m1/s1. The molecule has 4 rings (SSSR count). The van der Waals surface area contributed by atoms with Gasteiger partial charge in [-0.05, 0) is 35.1 Å². The van der Waals surface area contributed by atoms with Crippen LogP contribution in [0.2, 0.25) is 0 Å². The minimum Gasteiger partial charge on any atom is -0.480 e. The number of carbonyl (C=O) groups is 3. The van der Waals surface area contributed by atoms with Gasteiger partial charge in [0.2, 0.25) is 5.91 Å². The lowest BCUT2D eigenvalue weighted by Gasteiger charge is -2.17. The second-order valence-corrected chi connectivity index (χ2v) is 8.11. The van der Waals surface area contributed by atoms with Gasteiger partial charge in [-0.15, -0.1) is 0 Å². The highest BCUT2D eigenvalue weighted by Crippen LogP contribution is 2.44. The average molecular weight is 454 g/mol. The normalized spacial score (nSPS) is 19.9. The number of ether oxygens (including phenoxy) is 2. The number of aliphatic hydroxyl groups excluding tert-OH is 1. The van der Waals surface area contributed by atoms with Crippen LogP contribution in [0.1, 0.15) is 29.9 Å². The molecule has 33 heavy (non-hydrogen) atoms. The molecule has 9 nitrogen and oxygen atoms in total. The van der Waals surface area contributed by atoms with E-state index >= 15 is 0 Å². The fraction of sp³-hybridized carbons (Fsp3) is 0.375. The highest BCUT2D eigenvalue weighted by molar-refractivity contribution is 5.86. The third kappa shape index (κ3) is 4.99. The molecule has 2 aliphatic rings. The van der Waals surface area contributed by atoms with Gasteiger partial charge in [0, 0.05) is 12.5 Å². The van der Waals surface area contributed by atoms with E-state index in [2.05, 4.69) is 22.8 Å². The molecule has 0 bridgehead atoms. The molecule has 0 radical (unpaired) electrons. The van der Waals surface area contributed by atoms with Crippen LogP contribution in [0.25, 0.3) is 11.1 Å². The van der Waals surface area contributed by atoms with E-state index in [1.54, 1.807) is 0 Å². The molecule has 1 fully saturated rings. The lowest BCUT2D eigenvalue weighted by molar-refractivity contribution is -0.145. The van der Waals surface area contributed by atoms with E-state index in [0.29, 0.717) is 12.8 Å². The summed E-state index contributed by atoms with van der Waals surface area (Å²) in [6.45, 7) is -0.336. The second kappa shape index (κ2) is 10.0. The number of rotatable bonds is 8. The summed E-state index contributed by atoms with van der Waals surface area (Å²) in [5, 5.41) is 22.9. The van der Waals surface area contributed by atoms with Crippen LogP contribution >= 0.6 is 0 Å². The van der Waals surface area contributed by atoms with Gasteiger partial charge in [0.25, 0.3) is 0 Å². The highest BCUT2D eigenvalue weighted by Gasteiger charge is 2.33. The number of carboxylic acid groups (broad SMARTS) is 1. The Morgan fingerprint density at radius 1 is 1.03 bits per heavy atom. The van der Waals surface area contributed by atoms with Crippen molar-refractivity contribution in [1.82, 2.24) is 10.6 Å². The van der Waals surface area contributed by atoms with Crippen LogP contribution in [-0.4, -0.2) is 66.2 Å². The van der Waals surface area contributed by atoms with E-state index < -0.39 is 42.8 Å². The van der Waals surface area contributed by atoms with Crippen molar-refractivity contribution in [3.8, 4) is 11.1 Å². The summed E-state index contributed by atoms with van der Waals surface area (Å²) >= 11 is 0. The molecule has 2 unspecified atom stereocenters. The van der Waals surface area contributed by atoms with Gasteiger partial charge >= 0.3 is 12.1 Å². The lowest BCUT2D eigenvalue weighted by atomic mass is 9.98. The molecule has 1 aliphatic heterocycles. The van der Waals surface area contributed by atoms with Crippen molar-refractivity contribution in [2.75, 3.05) is 19.8 Å². The summed E-state index contributed by atoms with van der Waals surface area (Å²) in [5.74, 6) is -1.95. The number of amides is 2. The molecule has 1 saturated heterocycles. The monoisotopic (exact) mass is 454 g/mol. The third-order valence-electron chi connectivity index (χ3n) is 6.01. The van der Waals surface area contributed by atoms with E-state index in [4.69, 9.17) is 19.7 Å². The minimum atomic E-state index is -1.38. The molecule has 3 atom stereocenters. The number of aliphatic carboxylic acids is 1. The Labute approximate surface area is 190 Å². The zero-order chi connectivity index (χ0) is 23.4. The van der Waals surface area contributed by atoms with Gasteiger partial charge < -0.3 is 30.3 Å². The van der Waals surface area contributed by atoms with Crippen molar-refractivity contribution in [2.24, 2.45) is 0 Å². The van der Waals surface area contributed by atoms with Crippen LogP contribution in [0.15, 0.2) is 48.5 Å². The van der Waals surface area contributed by atoms with Gasteiger partial charge in [-0.3, -0.25) is 4.79 Å². The zero-order valence-corrected chi connectivity index (χ0v) is 17.9. The molecule has 0 aromatic heterocycles. The number of alkyl carbamates (subject to hydrolysis) is 1. The molecule has 174 valence electrons. The third-order valence-corrected chi connectivity index (χ3v) is 6.01. The summed E-state index contributed by atoms with van der Waals surface area (Å²) in [4.78, 5) is 35.4. The Balaban J connectivity index is 1.25. The summed E-state index contributed by atoms with van der Waals surface area (Å²) in [6, 6.07) is 14.8. The fourth-order valence-corrected chi connectivity index (χ4v) is 4.35. The Kier molecular flexibility index (Phi) is 6.90. The molecular weight excluding hydrogens is 428 g/mol. The predicted molar refractivity (Wildman–Crippen MR) is 118 cm³/mol. The largest absolute Gasteiger partial charge is 0.480 e. The fourth-order valence-electron chi connectivity index (χ4n) is 4.35. The van der Waals surface area contributed by atoms with E-state index in [1.807, 2.05) is 36.4 Å². The number of benzene rings is 2. The maximum absolute atomic E-state index is 12.3. The van der Waals surface area contributed by atoms with E-state index in [-0.39, 0.29) is 19.1 Å². The maximum Gasteiger partial charge on any atom is 0.407 e. The Hall–Kier alpha value is -3.43. The molecule has 1 heterocycles. The first-order chi connectivity index (χ1) is 16.0. The van der Waals surface area contributed by atoms with Crippen LogP contribution < -0.4 is 10.6 Å². The summed E-state index contributed by atoms with van der Waals surface area (Å²) in [6.07, 6.45) is -0.870. The Morgan fingerprint density at radius 3 is 2.27 bits per heavy atom. The predicted octanol–water partition coefficient (Wildman–Crippen LogP) is 1.63. The van der Waals surface area contributed by atoms with Crippen molar-refractivity contribution in [3.63, 3.8) is 0 Å². The number of fused-ring (bicyclic) bond motifs is 3. The van der Waals surface area contributed by atoms with Gasteiger partial charge in [-0.25, -0.2) is 9.59 Å². The van der Waals surface area contributed by atoms with Crippen molar-refractivity contribution in [1.29, 1.82) is 0 Å². The first-order valence-corrected chi connectivity index (χ1v) is 10.9. The van der Waals surface area contributed by atoms with Gasteiger partial charge in [0.1, 0.15) is 18.8 Å². The summed E-state index contributed by atoms with van der Waals surface area (Å²) in [7, 11) is 0. The Bertz CT molecular complexity index is 995. The molecule has 0 saturated carbocycles. The van der Waals surface area contributed by atoms with Crippen LogP contribution in [0, 0.1) is 0 Å². The molecule has 9 heteroatoms. The van der Waals surface area contributed by atoms with Crippen LogP contribution in [-0.2, 0) is 19.1 Å². The van der Waals surface area contributed by atoms with Crippen LogP contribution in [0.4, 0.5) is 4.79 Å². The van der Waals surface area contributed by atoms with Gasteiger partial charge in [0.15, 0.2) is 0 Å². The molecule has 0 spiro atoms. The SMILES string of the molecule is O=C(NCC1CCC(C(=O)N[C@H](CO)C(=O)O)O1)OCC1c2ccccc2-c2ccccc21. The van der Waals surface area contributed by atoms with E-state index in [0.717, 1.165) is 22.3 Å². The number of hydrogen-bond acceptors (Lipinski definition) is 6. The van der Waals surface area contributed by atoms with E-state index in [1.165, 1.54) is 0 Å². The quantitative estimate of drug-likeness (QED) is 0.476. The van der Waals surface area contributed by atoms with Gasteiger partial charge in [-0.2, -0.15) is 0 Å². The molecule has 2 aromatic rings. The first-order valence-electron chi connectivity index (χ1n) is 10.9. The van der Waals surface area contributed by atoms with E-state index in [9.17, 15) is 14.4 Å². The van der Waals surface area contributed by atoms with Crippen molar-refractivity contribution in [2.45, 2.75) is 37.0 Å². The van der Waals surface area contributed by atoms with Crippen LogP contribution in [0.3, 0.4) is 0 Å². The zero-order valence-electron chi connectivity index (χ0n) is 17.9. The second-order valence-electron chi connectivity index (χ2n) is 8.11. The number of carboxylic acids is 1. The molecule has 1 aliphatic carbocycles. The summed E-state index contributed by atoms with van der Waals surface area (Å²) < 4.78 is 11.1. The van der Waals surface area contributed by atoms with Crippen molar-refractivity contribution >= 4 is 18.0 Å². The van der Waals surface area contributed by atoms with Crippen molar-refractivity contribution < 1.29 is 34.1 Å². The number of carbonyl (C=O) groups excluding carboxylic acids is 2. The minimum absolute atomic E-state index is 0.0346. The number of aliphatic hydroxyl groups is 1. The van der Waals surface area contributed by atoms with Gasteiger partial charge in [-0.1, -0.05) is 48.5 Å². The molecular formula is C24H26N2O7. The maximum atomic E-state index is 12.3. The number of hydrogen-bond donors (Lipinski definition) is 4. The molecule has 2 aromatic carbocycles. The van der Waals surface area contributed by atoms with Crippen molar-refractivity contribution in [3.05, 3.63) is 59.7 Å². The average Bonchev–Trinajstić information content (AvgIpc) is 3.42.